The Labute approximate surface area is 529 Å². The lowest BCUT2D eigenvalue weighted by Gasteiger charge is -2.14. The molecule has 0 amide bonds. The first kappa shape index (κ1) is 63.6. The molecule has 0 radical (unpaired) electrons. The van der Waals surface area contributed by atoms with Gasteiger partial charge in [0.25, 0.3) is 0 Å². The number of hydrogen-bond donors (Lipinski definition) is 0. The molecule has 446 valence electrons. The van der Waals surface area contributed by atoms with Crippen molar-refractivity contribution < 1.29 is 18.3 Å². The van der Waals surface area contributed by atoms with E-state index in [-0.39, 0.29) is 0 Å². The second kappa shape index (κ2) is 28.3. The smallest absolute Gasteiger partial charge is 0.215 e. The van der Waals surface area contributed by atoms with Crippen molar-refractivity contribution in [1.29, 1.82) is 0 Å². The summed E-state index contributed by atoms with van der Waals surface area (Å²) in [4.78, 5) is 18.7. The maximum atomic E-state index is 4.93. The average Bonchev–Trinajstić information content (AvgIpc) is 1.19. The first-order valence-corrected chi connectivity index (χ1v) is 30.7. The van der Waals surface area contributed by atoms with Gasteiger partial charge in [-0.3, -0.25) is 19.9 Å². The molecule has 0 aliphatic carbocycles. The zero-order chi connectivity index (χ0) is 63.6. The third kappa shape index (κ3) is 14.4. The molecule has 0 atom stereocenters. The number of aryl methyl sites for hydroxylation is 17. The molecule has 8 heterocycles. The minimum atomic E-state index is 1.05. The quantitative estimate of drug-likeness (QED) is 0.142. The second-order valence-corrected chi connectivity index (χ2v) is 23.7. The fourth-order valence-corrected chi connectivity index (χ4v) is 12.4. The summed E-state index contributed by atoms with van der Waals surface area (Å²) in [5, 5.41) is 0. The van der Waals surface area contributed by atoms with E-state index in [2.05, 4.69) is 335 Å². The van der Waals surface area contributed by atoms with E-state index in [1.807, 2.05) is 24.5 Å². The second-order valence-electron chi connectivity index (χ2n) is 23.7. The Bertz CT molecular complexity index is 4410. The Kier molecular flexibility index (Phi) is 20.2. The van der Waals surface area contributed by atoms with Gasteiger partial charge in [-0.25, -0.2) is 18.3 Å². The Morgan fingerprint density at radius 3 is 1.19 bits per heavy atom. The molecule has 8 nitrogen and oxygen atoms in total. The Hall–Kier alpha value is -9.92. The van der Waals surface area contributed by atoms with Crippen molar-refractivity contribution in [1.82, 2.24) is 19.9 Å². The molecule has 8 aromatic heterocycles. The molecule has 8 heteroatoms. The Morgan fingerprint density at radius 2 is 0.685 bits per heavy atom. The highest BCUT2D eigenvalue weighted by Crippen LogP contribution is 2.34. The van der Waals surface area contributed by atoms with Gasteiger partial charge in [0.1, 0.15) is 28.2 Å². The standard InChI is InChI=1S/C21H23N2.3C20H21N2/c1-14-9-8-10-15(2)20(14)18-13-16(3)21(17(4)22-18)19-11-6-7-12-23(19)5;1-14-9-5-6-10-17(14)18-13-15(2)20(16(3)21-18)19-11-7-8-12-22(19)4;1-14-7-5-6-8-18(14)17-10-12-22(4)19(13-17)20-15(2)9-11-21-16(20)3;1-14-10-11-21-16(3)20(14)19-12-18(15(2)13-22(19)4)17-8-6-5-7-9-17/h6-13H,1-5H3;3*5-13H,1-4H3/q4*+1. The van der Waals surface area contributed by atoms with Crippen LogP contribution in [0.2, 0.25) is 0 Å². The van der Waals surface area contributed by atoms with Gasteiger partial charge in [-0.15, -0.1) is 0 Å². The van der Waals surface area contributed by atoms with Gasteiger partial charge in [-0.05, 0) is 193 Å². The van der Waals surface area contributed by atoms with Crippen LogP contribution < -0.4 is 18.3 Å². The molecule has 0 N–H and O–H groups in total. The van der Waals surface area contributed by atoms with Gasteiger partial charge in [0.05, 0.1) is 56.4 Å². The zero-order valence-electron chi connectivity index (χ0n) is 55.3. The third-order valence-electron chi connectivity index (χ3n) is 16.9. The van der Waals surface area contributed by atoms with Crippen LogP contribution in [0, 0.1) is 90.0 Å². The van der Waals surface area contributed by atoms with Gasteiger partial charge < -0.3 is 0 Å². The molecule has 12 rings (SSSR count). The summed E-state index contributed by atoms with van der Waals surface area (Å²) in [6.45, 7) is 27.7. The largest absolute Gasteiger partial charge is 0.261 e. The molecule has 4 aromatic carbocycles. The number of rotatable bonds is 8. The van der Waals surface area contributed by atoms with Crippen molar-refractivity contribution in [3.63, 3.8) is 0 Å². The molecular formula is C81H86N8+4. The molecule has 0 bridgehead atoms. The summed E-state index contributed by atoms with van der Waals surface area (Å²) in [7, 11) is 8.34. The highest BCUT2D eigenvalue weighted by atomic mass is 14.9. The van der Waals surface area contributed by atoms with Gasteiger partial charge in [0.2, 0.25) is 22.8 Å². The van der Waals surface area contributed by atoms with Gasteiger partial charge >= 0.3 is 0 Å². The lowest BCUT2D eigenvalue weighted by atomic mass is 9.96. The summed E-state index contributed by atoms with van der Waals surface area (Å²) in [6, 6.07) is 61.7. The molecule has 0 saturated heterocycles. The molecule has 0 fully saturated rings. The molecular weight excluding hydrogens is 1080 g/mol. The van der Waals surface area contributed by atoms with Crippen LogP contribution in [-0.4, -0.2) is 19.9 Å². The van der Waals surface area contributed by atoms with E-state index < -0.39 is 0 Å². The maximum absolute atomic E-state index is 4.93. The van der Waals surface area contributed by atoms with Crippen LogP contribution in [0.25, 0.3) is 89.8 Å². The molecule has 12 aromatic rings. The van der Waals surface area contributed by atoms with E-state index in [1.54, 1.807) is 0 Å². The van der Waals surface area contributed by atoms with Crippen molar-refractivity contribution in [3.05, 3.63) is 286 Å². The van der Waals surface area contributed by atoms with Crippen molar-refractivity contribution >= 4 is 0 Å². The van der Waals surface area contributed by atoms with Crippen LogP contribution >= 0.6 is 0 Å². The fraction of sp³-hybridized carbons (Fsp3) is 0.210. The topological polar surface area (TPSA) is 67.1 Å². The number of pyridine rings is 8. The molecule has 0 saturated carbocycles. The predicted octanol–water partition coefficient (Wildman–Crippen LogP) is 17.0. The van der Waals surface area contributed by atoms with Gasteiger partial charge in [-0.2, -0.15) is 0 Å². The van der Waals surface area contributed by atoms with Crippen molar-refractivity contribution in [2.24, 2.45) is 28.2 Å². The molecule has 89 heavy (non-hydrogen) atoms. The number of nitrogens with zero attached hydrogens (tertiary/aromatic N) is 8. The minimum Gasteiger partial charge on any atom is -0.261 e. The van der Waals surface area contributed by atoms with Crippen molar-refractivity contribution in [2.75, 3.05) is 0 Å². The van der Waals surface area contributed by atoms with Crippen LogP contribution in [0.5, 0.6) is 0 Å². The summed E-state index contributed by atoms with van der Waals surface area (Å²) >= 11 is 0. The van der Waals surface area contributed by atoms with Crippen LogP contribution in [-0.2, 0) is 28.2 Å². The highest BCUT2D eigenvalue weighted by molar-refractivity contribution is 5.76. The van der Waals surface area contributed by atoms with E-state index in [0.717, 1.165) is 34.2 Å². The highest BCUT2D eigenvalue weighted by Gasteiger charge is 2.22. The monoisotopic (exact) mass is 1170 g/mol. The van der Waals surface area contributed by atoms with Gasteiger partial charge in [0, 0.05) is 71.5 Å². The lowest BCUT2D eigenvalue weighted by Crippen LogP contribution is -2.31. The number of benzene rings is 4. The predicted molar refractivity (Wildman–Crippen MR) is 367 cm³/mol. The van der Waals surface area contributed by atoms with E-state index in [4.69, 9.17) is 9.97 Å². The van der Waals surface area contributed by atoms with Crippen LogP contribution in [0.15, 0.2) is 213 Å². The first-order valence-electron chi connectivity index (χ1n) is 30.7. The van der Waals surface area contributed by atoms with E-state index in [9.17, 15) is 0 Å². The van der Waals surface area contributed by atoms with Crippen LogP contribution in [0.1, 0.15) is 72.8 Å². The fourth-order valence-electron chi connectivity index (χ4n) is 12.4. The molecule has 0 spiro atoms. The maximum Gasteiger partial charge on any atom is 0.215 e. The summed E-state index contributed by atoms with van der Waals surface area (Å²) < 4.78 is 8.65. The SMILES string of the molecule is Cc1c[n+](C)c(-c2c(C)ccnc2C)cc1-c1ccccc1.Cc1cccc(C)c1-c1cc(C)c(-c2cccc[n+]2C)c(C)n1.Cc1ccccc1-c1cc(C)c(-c2cccc[n+]2C)c(C)n1.Cc1ccccc1-c1cc[n+](C)c(-c2c(C)ccnc2C)c1. The van der Waals surface area contributed by atoms with E-state index >= 15 is 0 Å². The normalized spacial score (nSPS) is 10.8. The van der Waals surface area contributed by atoms with Crippen LogP contribution in [0.4, 0.5) is 0 Å². The molecule has 0 aliphatic rings. The number of hydrogen-bond acceptors (Lipinski definition) is 4. The van der Waals surface area contributed by atoms with E-state index in [1.165, 1.54) is 128 Å². The average molecular weight is 1170 g/mol. The first-order chi connectivity index (χ1) is 42.7. The minimum absolute atomic E-state index is 1.05. The van der Waals surface area contributed by atoms with Crippen LogP contribution in [0.3, 0.4) is 0 Å². The zero-order valence-corrected chi connectivity index (χ0v) is 55.3. The Balaban J connectivity index is 0.000000141. The van der Waals surface area contributed by atoms with E-state index in [0.29, 0.717) is 0 Å². The number of aromatic nitrogens is 8. The van der Waals surface area contributed by atoms with Crippen molar-refractivity contribution in [3.8, 4) is 89.8 Å². The molecule has 0 unspecified atom stereocenters. The molecule has 0 aliphatic heterocycles. The van der Waals surface area contributed by atoms with Gasteiger partial charge in [-0.1, -0.05) is 97.1 Å². The summed E-state index contributed by atoms with van der Waals surface area (Å²) in [6.07, 6.45) is 12.2. The summed E-state index contributed by atoms with van der Waals surface area (Å²) in [5.74, 6) is 0. The Morgan fingerprint density at radius 1 is 0.258 bits per heavy atom. The lowest BCUT2D eigenvalue weighted by molar-refractivity contribution is -0.660. The third-order valence-corrected chi connectivity index (χ3v) is 16.9. The van der Waals surface area contributed by atoms with Crippen molar-refractivity contribution in [2.45, 2.75) is 90.0 Å². The van der Waals surface area contributed by atoms with Gasteiger partial charge in [0.15, 0.2) is 24.8 Å². The summed E-state index contributed by atoms with van der Waals surface area (Å²) in [5.41, 5.74) is 35.0.